The first-order valence-corrected chi connectivity index (χ1v) is 14.1. The third kappa shape index (κ3) is 6.78. The lowest BCUT2D eigenvalue weighted by atomic mass is 9.99. The molecular weight excluding hydrogens is 530 g/mol. The fraction of sp³-hybridized carbons (Fsp3) is 0.265. The summed E-state index contributed by atoms with van der Waals surface area (Å²) in [5, 5.41) is 13.0. The lowest BCUT2D eigenvalue weighted by molar-refractivity contribution is 0.0601. The van der Waals surface area contributed by atoms with E-state index in [2.05, 4.69) is 10.2 Å². The first-order chi connectivity index (χ1) is 20.3. The Balaban J connectivity index is 1.25. The second-order valence-corrected chi connectivity index (χ2v) is 10.7. The van der Waals surface area contributed by atoms with Gasteiger partial charge in [-0.15, -0.1) is 0 Å². The molecule has 1 aromatic heterocycles. The summed E-state index contributed by atoms with van der Waals surface area (Å²) in [7, 11) is 3.18. The van der Waals surface area contributed by atoms with Crippen LogP contribution in [-0.2, 0) is 24.6 Å². The second kappa shape index (κ2) is 12.9. The number of methoxy groups -OCH3 is 1. The average molecular weight is 566 g/mol. The lowest BCUT2D eigenvalue weighted by Gasteiger charge is -2.31. The molecule has 1 aliphatic rings. The number of ketones is 2. The van der Waals surface area contributed by atoms with Gasteiger partial charge in [-0.1, -0.05) is 18.2 Å². The number of esters is 1. The van der Waals surface area contributed by atoms with Crippen LogP contribution in [0.15, 0.2) is 85.1 Å². The number of piperidine rings is 1. The van der Waals surface area contributed by atoms with E-state index in [0.29, 0.717) is 34.5 Å². The summed E-state index contributed by atoms with van der Waals surface area (Å²) in [6.45, 7) is 1.59. The van der Waals surface area contributed by atoms with Crippen LogP contribution in [0.3, 0.4) is 0 Å². The molecule has 2 N–H and O–H groups in total. The van der Waals surface area contributed by atoms with Crippen molar-refractivity contribution in [1.82, 2.24) is 4.57 Å². The Morgan fingerprint density at radius 2 is 1.55 bits per heavy atom. The van der Waals surface area contributed by atoms with Crippen LogP contribution in [0, 0.1) is 0 Å². The predicted octanol–water partition coefficient (Wildman–Crippen LogP) is 5.37. The van der Waals surface area contributed by atoms with Crippen molar-refractivity contribution in [3.63, 3.8) is 0 Å². The van der Waals surface area contributed by atoms with Gasteiger partial charge in [-0.05, 0) is 84.6 Å². The van der Waals surface area contributed by atoms with Crippen molar-refractivity contribution in [2.45, 2.75) is 31.8 Å². The molecule has 0 unspecified atom stereocenters. The maximum absolute atomic E-state index is 13.1. The maximum atomic E-state index is 13.1. The number of carbonyl (C=O) groups is 3. The molecule has 4 aromatic rings. The van der Waals surface area contributed by atoms with E-state index in [1.54, 1.807) is 12.1 Å². The van der Waals surface area contributed by atoms with Crippen molar-refractivity contribution in [2.75, 3.05) is 30.4 Å². The van der Waals surface area contributed by atoms with E-state index in [0.717, 1.165) is 42.9 Å². The largest absolute Gasteiger partial charge is 0.465 e. The molecule has 0 amide bonds. The van der Waals surface area contributed by atoms with Crippen LogP contribution >= 0.6 is 0 Å². The minimum Gasteiger partial charge on any atom is -0.465 e. The van der Waals surface area contributed by atoms with E-state index >= 15 is 0 Å². The summed E-state index contributed by atoms with van der Waals surface area (Å²) in [5.74, 6) is -0.514. The number of rotatable bonds is 10. The molecule has 1 saturated heterocycles. The van der Waals surface area contributed by atoms with Crippen LogP contribution in [-0.4, -0.2) is 53.5 Å². The molecule has 0 bridgehead atoms. The van der Waals surface area contributed by atoms with Gasteiger partial charge in [0.2, 0.25) is 0 Å². The number of nitrogens with zero attached hydrogens (tertiary/aromatic N) is 2. The van der Waals surface area contributed by atoms with Crippen molar-refractivity contribution >= 4 is 34.6 Å². The number of benzene rings is 3. The average Bonchev–Trinajstić information content (AvgIpc) is 3.45. The molecule has 216 valence electrons. The summed E-state index contributed by atoms with van der Waals surface area (Å²) in [6, 6.07) is 24.0. The monoisotopic (exact) mass is 565 g/mol. The Hall–Kier alpha value is -4.69. The SMILES string of the molecule is COC(=O)c1cc(CC(=O)c2ccc(N3CCC(O)CC3)cc2)ccc1Nc1ccc(CC(=O)c2cccn2C)cc1. The highest BCUT2D eigenvalue weighted by molar-refractivity contribution is 6.00. The van der Waals surface area contributed by atoms with Crippen molar-refractivity contribution in [1.29, 1.82) is 0 Å². The summed E-state index contributed by atoms with van der Waals surface area (Å²) >= 11 is 0. The zero-order chi connectivity index (χ0) is 29.6. The van der Waals surface area contributed by atoms with Crippen LogP contribution in [0.4, 0.5) is 17.1 Å². The van der Waals surface area contributed by atoms with Gasteiger partial charge in [-0.3, -0.25) is 9.59 Å². The quantitative estimate of drug-likeness (QED) is 0.197. The summed E-state index contributed by atoms with van der Waals surface area (Å²) in [6.07, 6.45) is 3.54. The lowest BCUT2D eigenvalue weighted by Crippen LogP contribution is -2.35. The van der Waals surface area contributed by atoms with Gasteiger partial charge in [0.15, 0.2) is 11.6 Å². The third-order valence-corrected chi connectivity index (χ3v) is 7.70. The van der Waals surface area contributed by atoms with Crippen molar-refractivity contribution in [3.8, 4) is 0 Å². The fourth-order valence-corrected chi connectivity index (χ4v) is 5.25. The standard InChI is InChI=1S/C34H35N3O5/c1-36-17-3-4-31(36)33(40)21-23-5-10-26(11-6-23)35-30-14-7-24(20-29(30)34(41)42-2)22-32(39)25-8-12-27(13-9-25)37-18-15-28(38)16-19-37/h3-14,17,20,28,35,38H,15-16,18-19,21-22H2,1-2H3. The first kappa shape index (κ1) is 28.8. The smallest absolute Gasteiger partial charge is 0.339 e. The van der Waals surface area contributed by atoms with Gasteiger partial charge in [0.05, 0.1) is 30.2 Å². The molecule has 2 heterocycles. The van der Waals surface area contributed by atoms with E-state index < -0.39 is 5.97 Å². The summed E-state index contributed by atoms with van der Waals surface area (Å²) in [5.41, 5.74) is 5.53. The third-order valence-electron chi connectivity index (χ3n) is 7.70. The molecule has 8 nitrogen and oxygen atoms in total. The zero-order valence-corrected chi connectivity index (χ0v) is 23.9. The van der Waals surface area contributed by atoms with Gasteiger partial charge in [0, 0.05) is 56.1 Å². The number of aliphatic hydroxyl groups excluding tert-OH is 1. The molecule has 1 aliphatic heterocycles. The van der Waals surface area contributed by atoms with Crippen LogP contribution < -0.4 is 10.2 Å². The molecule has 0 saturated carbocycles. The Bertz CT molecular complexity index is 1570. The van der Waals surface area contributed by atoms with E-state index in [1.165, 1.54) is 7.11 Å². The minimum absolute atomic E-state index is 0.0417. The summed E-state index contributed by atoms with van der Waals surface area (Å²) < 4.78 is 6.83. The number of aliphatic hydroxyl groups is 1. The van der Waals surface area contributed by atoms with Crippen molar-refractivity contribution < 1.29 is 24.2 Å². The van der Waals surface area contributed by atoms with E-state index in [1.807, 2.05) is 84.5 Å². The van der Waals surface area contributed by atoms with Crippen molar-refractivity contribution in [3.05, 3.63) is 113 Å². The number of hydrogen-bond acceptors (Lipinski definition) is 7. The van der Waals surface area contributed by atoms with E-state index in [4.69, 9.17) is 4.74 Å². The zero-order valence-electron chi connectivity index (χ0n) is 23.9. The van der Waals surface area contributed by atoms with Crippen LogP contribution in [0.5, 0.6) is 0 Å². The molecule has 42 heavy (non-hydrogen) atoms. The number of anilines is 3. The number of Topliss-reactive ketones (excluding diaryl/α,β-unsaturated/α-hetero) is 2. The highest BCUT2D eigenvalue weighted by Crippen LogP contribution is 2.26. The molecular formula is C34H35N3O5. The predicted molar refractivity (Wildman–Crippen MR) is 163 cm³/mol. The Kier molecular flexibility index (Phi) is 8.83. The Morgan fingerprint density at radius 3 is 2.19 bits per heavy atom. The number of hydrogen-bond donors (Lipinski definition) is 2. The van der Waals surface area contributed by atoms with Gasteiger partial charge < -0.3 is 24.6 Å². The fourth-order valence-electron chi connectivity index (χ4n) is 5.25. The molecule has 3 aromatic carbocycles. The second-order valence-electron chi connectivity index (χ2n) is 10.7. The molecule has 0 radical (unpaired) electrons. The minimum atomic E-state index is -0.507. The normalized spacial score (nSPS) is 13.5. The van der Waals surface area contributed by atoms with Gasteiger partial charge in [-0.2, -0.15) is 0 Å². The van der Waals surface area contributed by atoms with Gasteiger partial charge in [-0.25, -0.2) is 4.79 Å². The number of ether oxygens (including phenoxy) is 1. The molecule has 1 fully saturated rings. The van der Waals surface area contributed by atoms with Gasteiger partial charge in [0.25, 0.3) is 0 Å². The van der Waals surface area contributed by atoms with E-state index in [-0.39, 0.29) is 24.1 Å². The van der Waals surface area contributed by atoms with Crippen LogP contribution in [0.25, 0.3) is 0 Å². The highest BCUT2D eigenvalue weighted by Gasteiger charge is 2.19. The highest BCUT2D eigenvalue weighted by atomic mass is 16.5. The molecule has 0 atom stereocenters. The molecule has 8 heteroatoms. The number of aromatic nitrogens is 1. The molecule has 5 rings (SSSR count). The topological polar surface area (TPSA) is 101 Å². The van der Waals surface area contributed by atoms with Gasteiger partial charge >= 0.3 is 5.97 Å². The first-order valence-electron chi connectivity index (χ1n) is 14.1. The van der Waals surface area contributed by atoms with Crippen LogP contribution in [0.1, 0.15) is 55.2 Å². The van der Waals surface area contributed by atoms with Gasteiger partial charge in [0.1, 0.15) is 0 Å². The number of carbonyl (C=O) groups excluding carboxylic acids is 3. The number of nitrogens with one attached hydrogen (secondary N) is 1. The Morgan fingerprint density at radius 1 is 0.881 bits per heavy atom. The van der Waals surface area contributed by atoms with E-state index in [9.17, 15) is 19.5 Å². The maximum Gasteiger partial charge on any atom is 0.339 e. The van der Waals surface area contributed by atoms with Crippen molar-refractivity contribution in [2.24, 2.45) is 7.05 Å². The summed E-state index contributed by atoms with van der Waals surface area (Å²) in [4.78, 5) is 40.5. The molecule has 0 spiro atoms. The van der Waals surface area contributed by atoms with Crippen LogP contribution in [0.2, 0.25) is 0 Å². The number of aryl methyl sites for hydroxylation is 1. The Labute approximate surface area is 245 Å². The molecule has 0 aliphatic carbocycles.